The number of benzene rings is 2. The Morgan fingerprint density at radius 1 is 1.16 bits per heavy atom. The summed E-state index contributed by atoms with van der Waals surface area (Å²) < 4.78 is 13.6. The van der Waals surface area contributed by atoms with Crippen molar-refractivity contribution in [1.82, 2.24) is 0 Å². The average Bonchev–Trinajstić information content (AvgIpc) is 2.55. The molecule has 0 saturated carbocycles. The van der Waals surface area contributed by atoms with Gasteiger partial charge in [-0.15, -0.1) is 0 Å². The lowest BCUT2D eigenvalue weighted by Gasteiger charge is -2.07. The number of hydrogen-bond acceptors (Lipinski definition) is 4. The number of nitro groups is 1. The minimum absolute atomic E-state index is 0.0621. The molecule has 2 aromatic rings. The molecule has 0 aliphatic carbocycles. The fourth-order valence-corrected chi connectivity index (χ4v) is 2.03. The Kier molecular flexibility index (Phi) is 5.57. The molecule has 0 radical (unpaired) electrons. The van der Waals surface area contributed by atoms with E-state index in [-0.39, 0.29) is 22.6 Å². The number of nitro benzene ring substituents is 1. The van der Waals surface area contributed by atoms with Gasteiger partial charge in [-0.1, -0.05) is 12.1 Å². The second-order valence-corrected chi connectivity index (χ2v) is 5.01. The Labute approximate surface area is 142 Å². The molecule has 0 atom stereocenters. The van der Waals surface area contributed by atoms with Crippen LogP contribution in [0.5, 0.6) is 0 Å². The van der Waals surface area contributed by atoms with E-state index in [0.717, 1.165) is 12.1 Å². The van der Waals surface area contributed by atoms with Crippen LogP contribution in [0.25, 0.3) is 6.08 Å². The maximum atomic E-state index is 13.6. The lowest BCUT2D eigenvalue weighted by molar-refractivity contribution is -0.385. The van der Waals surface area contributed by atoms with Crippen LogP contribution in [0.3, 0.4) is 0 Å². The van der Waals surface area contributed by atoms with Crippen molar-refractivity contribution < 1.29 is 18.9 Å². The summed E-state index contributed by atoms with van der Waals surface area (Å²) in [6, 6.07) is 9.69. The van der Waals surface area contributed by atoms with Crippen molar-refractivity contribution in [2.24, 2.45) is 0 Å². The van der Waals surface area contributed by atoms with Crippen LogP contribution in [0, 0.1) is 15.9 Å². The Morgan fingerprint density at radius 2 is 1.88 bits per heavy atom. The molecule has 128 valence electrons. The van der Waals surface area contributed by atoms with Crippen LogP contribution in [0.4, 0.5) is 21.5 Å². The van der Waals surface area contributed by atoms with E-state index in [1.165, 1.54) is 43.3 Å². The van der Waals surface area contributed by atoms with E-state index in [1.807, 2.05) is 0 Å². The van der Waals surface area contributed by atoms with Crippen LogP contribution in [-0.2, 0) is 9.59 Å². The molecule has 0 spiro atoms. The molecule has 0 aliphatic heterocycles. The Bertz CT molecular complexity index is 865. The molecule has 0 fully saturated rings. The number of anilines is 2. The van der Waals surface area contributed by atoms with E-state index in [4.69, 9.17) is 0 Å². The van der Waals surface area contributed by atoms with Crippen LogP contribution < -0.4 is 10.6 Å². The number of para-hydroxylation sites is 1. The predicted octanol–water partition coefficient (Wildman–Crippen LogP) is 3.34. The number of nitrogens with one attached hydrogen (secondary N) is 2. The number of halogens is 1. The number of carbonyl (C=O) groups excluding carboxylic acids is 2. The number of hydrogen-bond donors (Lipinski definition) is 2. The quantitative estimate of drug-likeness (QED) is 0.494. The summed E-state index contributed by atoms with van der Waals surface area (Å²) in [5.74, 6) is -1.64. The van der Waals surface area contributed by atoms with E-state index in [0.29, 0.717) is 0 Å². The van der Waals surface area contributed by atoms with Crippen molar-refractivity contribution in [3.05, 3.63) is 70.0 Å². The third-order valence-corrected chi connectivity index (χ3v) is 3.09. The zero-order chi connectivity index (χ0) is 18.4. The van der Waals surface area contributed by atoms with E-state index in [9.17, 15) is 24.1 Å². The Hall–Kier alpha value is -3.55. The average molecular weight is 343 g/mol. The van der Waals surface area contributed by atoms with Crippen molar-refractivity contribution >= 4 is 35.0 Å². The summed E-state index contributed by atoms with van der Waals surface area (Å²) in [6.07, 6.45) is 2.44. The van der Waals surface area contributed by atoms with Gasteiger partial charge in [0.2, 0.25) is 11.8 Å². The molecular formula is C17H14FN3O4. The van der Waals surface area contributed by atoms with Gasteiger partial charge in [-0.3, -0.25) is 19.7 Å². The van der Waals surface area contributed by atoms with Gasteiger partial charge in [-0.2, -0.15) is 0 Å². The van der Waals surface area contributed by atoms with Crippen LogP contribution in [0.1, 0.15) is 12.5 Å². The van der Waals surface area contributed by atoms with E-state index in [1.54, 1.807) is 6.07 Å². The van der Waals surface area contributed by atoms with Crippen molar-refractivity contribution in [3.63, 3.8) is 0 Å². The minimum Gasteiger partial charge on any atom is -0.324 e. The fraction of sp³-hybridized carbons (Fsp3) is 0.0588. The van der Waals surface area contributed by atoms with Gasteiger partial charge in [-0.05, 0) is 30.3 Å². The first-order chi connectivity index (χ1) is 11.9. The van der Waals surface area contributed by atoms with E-state index in [2.05, 4.69) is 10.6 Å². The zero-order valence-corrected chi connectivity index (χ0v) is 13.2. The Balaban J connectivity index is 2.13. The smallest absolute Gasteiger partial charge is 0.276 e. The topological polar surface area (TPSA) is 101 Å². The second kappa shape index (κ2) is 7.82. The third-order valence-electron chi connectivity index (χ3n) is 3.09. The molecule has 0 aliphatic rings. The van der Waals surface area contributed by atoms with Gasteiger partial charge in [0.1, 0.15) is 5.82 Å². The van der Waals surface area contributed by atoms with Crippen molar-refractivity contribution in [1.29, 1.82) is 0 Å². The van der Waals surface area contributed by atoms with Crippen LogP contribution in [0.15, 0.2) is 48.5 Å². The minimum atomic E-state index is -0.636. The molecule has 0 bridgehead atoms. The van der Waals surface area contributed by atoms with Crippen LogP contribution in [-0.4, -0.2) is 16.7 Å². The molecule has 25 heavy (non-hydrogen) atoms. The molecule has 2 aromatic carbocycles. The van der Waals surface area contributed by atoms with Gasteiger partial charge in [0.05, 0.1) is 16.2 Å². The van der Waals surface area contributed by atoms with Crippen molar-refractivity contribution in [2.45, 2.75) is 6.92 Å². The number of amides is 2. The first kappa shape index (κ1) is 17.8. The lowest BCUT2D eigenvalue weighted by atomic mass is 10.1. The van der Waals surface area contributed by atoms with Gasteiger partial charge >= 0.3 is 0 Å². The molecule has 7 nitrogen and oxygen atoms in total. The molecule has 0 saturated heterocycles. The second-order valence-electron chi connectivity index (χ2n) is 5.01. The molecular weight excluding hydrogens is 329 g/mol. The number of nitrogens with zero attached hydrogens (tertiary/aromatic N) is 1. The zero-order valence-electron chi connectivity index (χ0n) is 13.2. The van der Waals surface area contributed by atoms with Crippen LogP contribution >= 0.6 is 0 Å². The summed E-state index contributed by atoms with van der Waals surface area (Å²) in [6.45, 7) is 1.24. The first-order valence-electron chi connectivity index (χ1n) is 7.16. The number of carbonyl (C=O) groups is 2. The first-order valence-corrected chi connectivity index (χ1v) is 7.16. The maximum absolute atomic E-state index is 13.6. The van der Waals surface area contributed by atoms with Crippen molar-refractivity contribution in [2.75, 3.05) is 10.6 Å². The van der Waals surface area contributed by atoms with Crippen LogP contribution in [0.2, 0.25) is 0 Å². The van der Waals surface area contributed by atoms with Gasteiger partial charge in [0, 0.05) is 24.8 Å². The highest BCUT2D eigenvalue weighted by atomic mass is 19.1. The summed E-state index contributed by atoms with van der Waals surface area (Å²) in [4.78, 5) is 33.3. The normalized spacial score (nSPS) is 10.5. The van der Waals surface area contributed by atoms with Gasteiger partial charge in [0.15, 0.2) is 0 Å². The highest BCUT2D eigenvalue weighted by Gasteiger charge is 2.10. The van der Waals surface area contributed by atoms with Crippen molar-refractivity contribution in [3.8, 4) is 0 Å². The predicted molar refractivity (Wildman–Crippen MR) is 91.5 cm³/mol. The van der Waals surface area contributed by atoms with Gasteiger partial charge in [0.25, 0.3) is 5.69 Å². The molecule has 0 unspecified atom stereocenters. The lowest BCUT2D eigenvalue weighted by Crippen LogP contribution is -2.11. The summed E-state index contributed by atoms with van der Waals surface area (Å²) in [7, 11) is 0. The summed E-state index contributed by atoms with van der Waals surface area (Å²) >= 11 is 0. The largest absolute Gasteiger partial charge is 0.324 e. The molecule has 2 amide bonds. The molecule has 0 aromatic heterocycles. The summed E-state index contributed by atoms with van der Waals surface area (Å²) in [5.41, 5.74) is 0.359. The summed E-state index contributed by atoms with van der Waals surface area (Å²) in [5, 5.41) is 15.7. The number of rotatable bonds is 5. The SMILES string of the molecule is CC(=O)Nc1cc(NC(=O)/C=C/c2ccccc2[N+](=O)[O-])ccc1F. The Morgan fingerprint density at radius 3 is 2.56 bits per heavy atom. The third kappa shape index (κ3) is 4.96. The molecule has 0 heterocycles. The highest BCUT2D eigenvalue weighted by molar-refractivity contribution is 6.02. The standard InChI is InChI=1S/C17H14FN3O4/c1-11(22)19-15-10-13(7-8-14(15)18)20-17(23)9-6-12-4-2-3-5-16(12)21(24)25/h2-10H,1H3,(H,19,22)(H,20,23)/b9-6+. The maximum Gasteiger partial charge on any atom is 0.276 e. The highest BCUT2D eigenvalue weighted by Crippen LogP contribution is 2.21. The monoisotopic (exact) mass is 343 g/mol. The van der Waals surface area contributed by atoms with Gasteiger partial charge < -0.3 is 10.6 Å². The van der Waals surface area contributed by atoms with E-state index >= 15 is 0 Å². The molecule has 8 heteroatoms. The van der Waals surface area contributed by atoms with Gasteiger partial charge in [-0.25, -0.2) is 4.39 Å². The van der Waals surface area contributed by atoms with E-state index < -0.39 is 22.6 Å². The fourth-order valence-electron chi connectivity index (χ4n) is 2.03. The molecule has 2 N–H and O–H groups in total. The molecule has 2 rings (SSSR count).